The van der Waals surface area contributed by atoms with Gasteiger partial charge in [-0.25, -0.2) is 13.2 Å². The Kier molecular flexibility index (Phi) is 3.77. The molecule has 2 N–H and O–H groups in total. The number of alkyl halides is 3. The Balaban J connectivity index is 1.52. The fraction of sp³-hybridized carbons (Fsp3) is 0.529. The molecule has 3 aliphatic rings. The van der Waals surface area contributed by atoms with Gasteiger partial charge in [0.25, 0.3) is 11.8 Å². The lowest BCUT2D eigenvalue weighted by atomic mass is 9.97. The fourth-order valence-corrected chi connectivity index (χ4v) is 5.41. The fourth-order valence-electron chi connectivity index (χ4n) is 4.18. The lowest BCUT2D eigenvalue weighted by Crippen LogP contribution is -2.56. The van der Waals surface area contributed by atoms with Gasteiger partial charge in [-0.3, -0.25) is 14.8 Å². The summed E-state index contributed by atoms with van der Waals surface area (Å²) in [6, 6.07) is -0.316. The number of carbonyl (C=O) groups excluding carboxylic acids is 1. The van der Waals surface area contributed by atoms with E-state index < -0.39 is 18.6 Å². The molecule has 0 aliphatic carbocycles. The molecule has 5 rings (SSSR count). The van der Waals surface area contributed by atoms with E-state index >= 15 is 0 Å². The average molecular weight is 397 g/mol. The number of amides is 1. The molecule has 3 aliphatic heterocycles. The first-order valence-corrected chi connectivity index (χ1v) is 9.66. The number of aromatic amines is 1. The molecule has 5 heterocycles. The van der Waals surface area contributed by atoms with Gasteiger partial charge in [0.15, 0.2) is 0 Å². The molecule has 0 aromatic carbocycles. The number of halogens is 3. The number of hydrogen-bond donors (Lipinski definition) is 2. The zero-order valence-electron chi connectivity index (χ0n) is 14.3. The molecule has 1 fully saturated rings. The van der Waals surface area contributed by atoms with E-state index in [1.807, 2.05) is 4.90 Å². The lowest BCUT2D eigenvalue weighted by Gasteiger charge is -2.39. The lowest BCUT2D eigenvalue weighted by molar-refractivity contribution is 0.00488. The molecular formula is C17H18F3N5OS. The first-order chi connectivity index (χ1) is 12.9. The van der Waals surface area contributed by atoms with E-state index in [1.54, 1.807) is 17.3 Å². The predicted molar refractivity (Wildman–Crippen MR) is 95.4 cm³/mol. The normalized spacial score (nSPS) is 24.9. The van der Waals surface area contributed by atoms with Crippen LogP contribution < -0.4 is 10.2 Å². The predicted octanol–water partition coefficient (Wildman–Crippen LogP) is 1.90. The molecule has 1 amide bonds. The van der Waals surface area contributed by atoms with Gasteiger partial charge in [-0.1, -0.05) is 0 Å². The Bertz CT molecular complexity index is 878. The summed E-state index contributed by atoms with van der Waals surface area (Å²) < 4.78 is 42.1. The Morgan fingerprint density at radius 2 is 2.11 bits per heavy atom. The van der Waals surface area contributed by atoms with E-state index in [9.17, 15) is 18.0 Å². The van der Waals surface area contributed by atoms with Crippen molar-refractivity contribution in [3.05, 3.63) is 22.8 Å². The van der Waals surface area contributed by atoms with E-state index in [-0.39, 0.29) is 24.9 Å². The van der Waals surface area contributed by atoms with Gasteiger partial charge in [0, 0.05) is 54.8 Å². The van der Waals surface area contributed by atoms with Crippen molar-refractivity contribution in [3.63, 3.8) is 0 Å². The molecule has 10 heteroatoms. The van der Waals surface area contributed by atoms with Gasteiger partial charge in [-0.2, -0.15) is 5.10 Å². The SMILES string of the molecule is O=C1N[C@@H](CN2CC(F)C2)CN2CC(F)(F)Cc3c(-c4cn[nH]c4)sc1c32. The van der Waals surface area contributed by atoms with Gasteiger partial charge in [-0.05, 0) is 0 Å². The summed E-state index contributed by atoms with van der Waals surface area (Å²) in [5, 5.41) is 9.55. The first-order valence-electron chi connectivity index (χ1n) is 8.84. The molecule has 6 nitrogen and oxygen atoms in total. The van der Waals surface area contributed by atoms with Crippen LogP contribution in [0, 0.1) is 0 Å². The second-order valence-electron chi connectivity index (χ2n) is 7.47. The highest BCUT2D eigenvalue weighted by Gasteiger charge is 2.45. The summed E-state index contributed by atoms with van der Waals surface area (Å²) in [5.41, 5.74) is 1.84. The number of nitrogens with zero attached hydrogens (tertiary/aromatic N) is 3. The van der Waals surface area contributed by atoms with Crippen molar-refractivity contribution in [3.8, 4) is 10.4 Å². The Morgan fingerprint density at radius 1 is 1.30 bits per heavy atom. The number of likely N-dealkylation sites (tertiary alicyclic amines) is 1. The minimum atomic E-state index is -2.87. The topological polar surface area (TPSA) is 64.3 Å². The third kappa shape index (κ3) is 2.91. The maximum Gasteiger partial charge on any atom is 0.269 e. The molecule has 144 valence electrons. The zero-order valence-corrected chi connectivity index (χ0v) is 15.2. The molecule has 27 heavy (non-hydrogen) atoms. The van der Waals surface area contributed by atoms with Crippen molar-refractivity contribution < 1.29 is 18.0 Å². The van der Waals surface area contributed by atoms with E-state index in [2.05, 4.69) is 15.5 Å². The summed E-state index contributed by atoms with van der Waals surface area (Å²) in [4.78, 5) is 17.5. The second kappa shape index (κ2) is 5.96. The first kappa shape index (κ1) is 17.1. The summed E-state index contributed by atoms with van der Waals surface area (Å²) in [7, 11) is 0. The van der Waals surface area contributed by atoms with Gasteiger partial charge in [0.05, 0.1) is 24.5 Å². The van der Waals surface area contributed by atoms with Crippen LogP contribution in [-0.2, 0) is 6.42 Å². The largest absolute Gasteiger partial charge is 0.362 e. The van der Waals surface area contributed by atoms with Crippen LogP contribution in [0.15, 0.2) is 12.4 Å². The number of rotatable bonds is 3. The molecule has 1 saturated heterocycles. The van der Waals surface area contributed by atoms with Crippen LogP contribution >= 0.6 is 11.3 Å². The number of carbonyl (C=O) groups is 1. The van der Waals surface area contributed by atoms with Crippen molar-refractivity contribution in [2.24, 2.45) is 0 Å². The van der Waals surface area contributed by atoms with Crippen LogP contribution in [0.5, 0.6) is 0 Å². The molecule has 2 aromatic rings. The number of anilines is 1. The summed E-state index contributed by atoms with van der Waals surface area (Å²) >= 11 is 1.23. The van der Waals surface area contributed by atoms with Crippen LogP contribution in [0.25, 0.3) is 10.4 Å². The number of nitrogens with one attached hydrogen (secondary N) is 2. The Morgan fingerprint density at radius 3 is 2.81 bits per heavy atom. The molecule has 2 aromatic heterocycles. The van der Waals surface area contributed by atoms with Crippen LogP contribution in [0.2, 0.25) is 0 Å². The highest BCUT2D eigenvalue weighted by atomic mass is 32.1. The second-order valence-corrected chi connectivity index (χ2v) is 8.49. The van der Waals surface area contributed by atoms with Gasteiger partial charge in [0.1, 0.15) is 11.0 Å². The maximum absolute atomic E-state index is 14.5. The summed E-state index contributed by atoms with van der Waals surface area (Å²) in [5.74, 6) is -3.12. The third-order valence-corrected chi connectivity index (χ3v) is 6.56. The number of hydrogen-bond acceptors (Lipinski definition) is 5. The molecule has 0 radical (unpaired) electrons. The third-order valence-electron chi connectivity index (χ3n) is 5.29. The van der Waals surface area contributed by atoms with E-state index in [0.717, 1.165) is 0 Å². The van der Waals surface area contributed by atoms with Gasteiger partial charge < -0.3 is 10.2 Å². The maximum atomic E-state index is 14.5. The van der Waals surface area contributed by atoms with Crippen LogP contribution in [-0.4, -0.2) is 71.9 Å². The molecule has 0 saturated carbocycles. The number of aromatic nitrogens is 2. The Hall–Kier alpha value is -2.07. The minimum Gasteiger partial charge on any atom is -0.362 e. The summed E-state index contributed by atoms with van der Waals surface area (Å²) in [6.45, 7) is 1.01. The quantitative estimate of drug-likeness (QED) is 0.831. The molecule has 0 bridgehead atoms. The van der Waals surface area contributed by atoms with Crippen molar-refractivity contribution in [1.82, 2.24) is 20.4 Å². The monoisotopic (exact) mass is 397 g/mol. The van der Waals surface area contributed by atoms with Crippen LogP contribution in [0.4, 0.5) is 18.9 Å². The summed E-state index contributed by atoms with van der Waals surface area (Å²) in [6.07, 6.45) is 2.01. The number of H-pyrrole nitrogens is 1. The van der Waals surface area contributed by atoms with Crippen LogP contribution in [0.3, 0.4) is 0 Å². The molecular weight excluding hydrogens is 379 g/mol. The van der Waals surface area contributed by atoms with E-state index in [1.165, 1.54) is 11.3 Å². The van der Waals surface area contributed by atoms with E-state index in [4.69, 9.17) is 0 Å². The van der Waals surface area contributed by atoms with Crippen LogP contribution in [0.1, 0.15) is 15.2 Å². The standard InChI is InChI=1S/C17H18F3N5OS/c18-10-4-24(5-10)6-11-7-25-8-17(19,20)1-12-13(25)15(16(26)23-11)27-14(12)9-2-21-22-3-9/h2-3,10-11H,1,4-8H2,(H,21,22)(H,23,26)/t11-/m0/s1. The van der Waals surface area contributed by atoms with Crippen molar-refractivity contribution in [2.45, 2.75) is 24.6 Å². The average Bonchev–Trinajstić information content (AvgIpc) is 3.16. The molecule has 0 spiro atoms. The van der Waals surface area contributed by atoms with Gasteiger partial charge >= 0.3 is 0 Å². The molecule has 0 unspecified atom stereocenters. The smallest absolute Gasteiger partial charge is 0.269 e. The molecule has 1 atom stereocenters. The highest BCUT2D eigenvalue weighted by Crippen LogP contribution is 2.48. The van der Waals surface area contributed by atoms with Gasteiger partial charge in [0.2, 0.25) is 0 Å². The van der Waals surface area contributed by atoms with Crippen molar-refractivity contribution >= 4 is 22.9 Å². The number of thiophene rings is 1. The zero-order chi connectivity index (χ0) is 18.8. The van der Waals surface area contributed by atoms with Gasteiger partial charge in [-0.15, -0.1) is 11.3 Å². The van der Waals surface area contributed by atoms with Crippen molar-refractivity contribution in [2.75, 3.05) is 37.6 Å². The Labute approximate surface area is 157 Å². The van der Waals surface area contributed by atoms with Crippen molar-refractivity contribution in [1.29, 1.82) is 0 Å². The van der Waals surface area contributed by atoms with E-state index in [0.29, 0.717) is 46.2 Å². The highest BCUT2D eigenvalue weighted by molar-refractivity contribution is 7.18. The minimum absolute atomic E-state index is 0.249.